The maximum Gasteiger partial charge on any atom is 0.343 e. The number of nitrogens with zero attached hydrogens (tertiary/aromatic N) is 1. The van der Waals surface area contributed by atoms with E-state index in [4.69, 9.17) is 14.6 Å². The van der Waals surface area contributed by atoms with Gasteiger partial charge in [-0.25, -0.2) is 9.18 Å². The summed E-state index contributed by atoms with van der Waals surface area (Å²) in [6.45, 7) is 3.23. The van der Waals surface area contributed by atoms with Gasteiger partial charge in [-0.15, -0.1) is 0 Å². The van der Waals surface area contributed by atoms with Crippen molar-refractivity contribution in [2.45, 2.75) is 32.0 Å². The zero-order chi connectivity index (χ0) is 17.2. The van der Waals surface area contributed by atoms with E-state index in [1.54, 1.807) is 12.1 Å². The highest BCUT2D eigenvalue weighted by Crippen LogP contribution is 2.31. The van der Waals surface area contributed by atoms with Gasteiger partial charge in [0.1, 0.15) is 11.5 Å². The van der Waals surface area contributed by atoms with Crippen molar-refractivity contribution in [1.82, 2.24) is 4.90 Å². The van der Waals surface area contributed by atoms with Crippen LogP contribution in [-0.2, 0) is 4.79 Å². The number of hydrogen-bond acceptors (Lipinski definition) is 4. The molecule has 7 heteroatoms. The first-order valence-corrected chi connectivity index (χ1v) is 7.33. The van der Waals surface area contributed by atoms with Crippen LogP contribution in [0.15, 0.2) is 18.2 Å². The van der Waals surface area contributed by atoms with Crippen molar-refractivity contribution < 1.29 is 28.6 Å². The van der Waals surface area contributed by atoms with Crippen LogP contribution in [0, 0.1) is 0 Å². The third-order valence-corrected chi connectivity index (χ3v) is 3.67. The highest BCUT2D eigenvalue weighted by atomic mass is 19.1. The van der Waals surface area contributed by atoms with Crippen LogP contribution in [0.3, 0.4) is 0 Å². The maximum absolute atomic E-state index is 14.1. The van der Waals surface area contributed by atoms with E-state index in [9.17, 15) is 14.0 Å². The molecule has 1 aliphatic heterocycles. The van der Waals surface area contributed by atoms with E-state index >= 15 is 0 Å². The van der Waals surface area contributed by atoms with Crippen molar-refractivity contribution in [3.63, 3.8) is 0 Å². The summed E-state index contributed by atoms with van der Waals surface area (Å²) in [5.74, 6) is -1.13. The number of alkyl halides is 1. The van der Waals surface area contributed by atoms with Crippen LogP contribution in [0.2, 0.25) is 0 Å². The summed E-state index contributed by atoms with van der Waals surface area (Å²) in [6.07, 6.45) is -0.378. The van der Waals surface area contributed by atoms with E-state index < -0.39 is 24.1 Å². The topological polar surface area (TPSA) is 76.1 Å². The second kappa shape index (κ2) is 6.44. The lowest BCUT2D eigenvalue weighted by Gasteiger charge is -2.20. The fourth-order valence-electron chi connectivity index (χ4n) is 2.45. The van der Waals surface area contributed by atoms with Crippen LogP contribution in [0.4, 0.5) is 4.39 Å². The Morgan fingerprint density at radius 1 is 1.39 bits per heavy atom. The first kappa shape index (κ1) is 17.1. The molecule has 6 nitrogen and oxygen atoms in total. The van der Waals surface area contributed by atoms with Crippen molar-refractivity contribution in [3.8, 4) is 11.5 Å². The number of ether oxygens (including phenoxy) is 2. The van der Waals surface area contributed by atoms with E-state index in [2.05, 4.69) is 0 Å². The van der Waals surface area contributed by atoms with Gasteiger partial charge >= 0.3 is 5.97 Å². The Morgan fingerprint density at radius 2 is 2.09 bits per heavy atom. The van der Waals surface area contributed by atoms with E-state index in [0.29, 0.717) is 11.5 Å². The summed E-state index contributed by atoms with van der Waals surface area (Å²) in [5, 5.41) is 8.93. The van der Waals surface area contributed by atoms with Gasteiger partial charge in [0.05, 0.1) is 25.3 Å². The van der Waals surface area contributed by atoms with Gasteiger partial charge in [-0.3, -0.25) is 4.79 Å². The Kier molecular flexibility index (Phi) is 4.77. The van der Waals surface area contributed by atoms with Gasteiger partial charge in [-0.2, -0.15) is 0 Å². The summed E-state index contributed by atoms with van der Waals surface area (Å²) >= 11 is 0. The lowest BCUT2D eigenvalue weighted by atomic mass is 10.1. The molecular formula is C16H20FNO5. The van der Waals surface area contributed by atoms with Gasteiger partial charge in [0.25, 0.3) is 5.91 Å². The fourth-order valence-corrected chi connectivity index (χ4v) is 2.45. The van der Waals surface area contributed by atoms with Crippen LogP contribution in [0.1, 0.15) is 30.6 Å². The van der Waals surface area contributed by atoms with Crippen LogP contribution in [-0.4, -0.2) is 53.9 Å². The summed E-state index contributed by atoms with van der Waals surface area (Å²) in [7, 11) is 1.50. The lowest BCUT2D eigenvalue weighted by Crippen LogP contribution is -2.39. The van der Waals surface area contributed by atoms with Crippen LogP contribution in [0.25, 0.3) is 0 Å². The molecule has 2 rings (SSSR count). The van der Waals surface area contributed by atoms with Crippen molar-refractivity contribution in [1.29, 1.82) is 0 Å². The lowest BCUT2D eigenvalue weighted by molar-refractivity contribution is -0.149. The Morgan fingerprint density at radius 3 is 2.61 bits per heavy atom. The number of hydrogen-bond donors (Lipinski definition) is 1. The number of carboxylic acids is 1. The van der Waals surface area contributed by atoms with E-state index in [1.165, 1.54) is 18.1 Å². The third kappa shape index (κ3) is 3.55. The first-order chi connectivity index (χ1) is 10.8. The summed E-state index contributed by atoms with van der Waals surface area (Å²) in [5.41, 5.74) is -2.13. The molecule has 1 amide bonds. The molecule has 1 atom stereocenters. The molecule has 23 heavy (non-hydrogen) atoms. The highest BCUT2D eigenvalue weighted by molar-refractivity contribution is 5.98. The summed E-state index contributed by atoms with van der Waals surface area (Å²) in [4.78, 5) is 24.8. The van der Waals surface area contributed by atoms with Crippen LogP contribution < -0.4 is 9.47 Å². The number of carbonyl (C=O) groups is 2. The molecule has 1 heterocycles. The molecule has 1 aliphatic rings. The van der Waals surface area contributed by atoms with Gasteiger partial charge in [0.2, 0.25) is 5.67 Å². The van der Waals surface area contributed by atoms with Crippen molar-refractivity contribution in [2.75, 3.05) is 20.2 Å². The summed E-state index contributed by atoms with van der Waals surface area (Å²) in [6, 6.07) is 4.73. The van der Waals surface area contributed by atoms with Gasteiger partial charge in [-0.1, -0.05) is 0 Å². The smallest absolute Gasteiger partial charge is 0.343 e. The monoisotopic (exact) mass is 325 g/mol. The Labute approximate surface area is 133 Å². The minimum atomic E-state index is -2.39. The maximum atomic E-state index is 14.1. The van der Waals surface area contributed by atoms with Crippen molar-refractivity contribution in [2.24, 2.45) is 0 Å². The molecule has 0 aliphatic carbocycles. The van der Waals surface area contributed by atoms with Crippen LogP contribution in [0.5, 0.6) is 11.5 Å². The zero-order valence-corrected chi connectivity index (χ0v) is 13.3. The van der Waals surface area contributed by atoms with Crippen molar-refractivity contribution in [3.05, 3.63) is 23.8 Å². The summed E-state index contributed by atoms with van der Waals surface area (Å²) < 4.78 is 24.9. The molecule has 1 fully saturated rings. The molecular weight excluding hydrogens is 305 g/mol. The molecule has 126 valence electrons. The molecule has 0 radical (unpaired) electrons. The number of amides is 1. The molecule has 1 N–H and O–H groups in total. The number of benzene rings is 1. The second-order valence-corrected chi connectivity index (χ2v) is 5.78. The predicted octanol–water partition coefficient (Wildman–Crippen LogP) is 2.12. The van der Waals surface area contributed by atoms with E-state index in [1.807, 2.05) is 13.8 Å². The van der Waals surface area contributed by atoms with Crippen LogP contribution >= 0.6 is 0 Å². The number of halogens is 1. The zero-order valence-electron chi connectivity index (χ0n) is 13.3. The fraction of sp³-hybridized carbons (Fsp3) is 0.500. The number of methoxy groups -OCH3 is 1. The molecule has 1 aromatic carbocycles. The minimum absolute atomic E-state index is 0.0504. The minimum Gasteiger partial charge on any atom is -0.497 e. The Balaban J connectivity index is 2.27. The molecule has 0 saturated carbocycles. The number of carboxylic acid groups (broad SMARTS) is 1. The molecule has 1 aromatic rings. The second-order valence-electron chi connectivity index (χ2n) is 5.78. The average Bonchev–Trinajstić information content (AvgIpc) is 2.90. The third-order valence-electron chi connectivity index (χ3n) is 3.67. The highest BCUT2D eigenvalue weighted by Gasteiger charge is 2.47. The standard InChI is InChI=1S/C16H20FNO5/c1-10(2)23-13-8-11(22-3)4-5-12(13)14(19)18-7-6-16(17,9-18)15(20)21/h4-5,8,10H,6-7,9H2,1-3H3,(H,20,21). The number of likely N-dealkylation sites (tertiary alicyclic amines) is 1. The number of carbonyl (C=O) groups excluding carboxylic acids is 1. The average molecular weight is 325 g/mol. The van der Waals surface area contributed by atoms with E-state index in [-0.39, 0.29) is 24.6 Å². The van der Waals surface area contributed by atoms with E-state index in [0.717, 1.165) is 0 Å². The number of rotatable bonds is 5. The quantitative estimate of drug-likeness (QED) is 0.897. The molecule has 1 unspecified atom stereocenters. The predicted molar refractivity (Wildman–Crippen MR) is 80.8 cm³/mol. The van der Waals surface area contributed by atoms with Gasteiger partial charge < -0.3 is 19.5 Å². The first-order valence-electron chi connectivity index (χ1n) is 7.33. The Hall–Kier alpha value is -2.31. The number of aliphatic carboxylic acids is 1. The molecule has 1 saturated heterocycles. The van der Waals surface area contributed by atoms with Crippen molar-refractivity contribution >= 4 is 11.9 Å². The molecule has 0 bridgehead atoms. The molecule has 0 spiro atoms. The SMILES string of the molecule is COc1ccc(C(=O)N2CCC(F)(C(=O)O)C2)c(OC(C)C)c1. The van der Waals surface area contributed by atoms with Gasteiger partial charge in [0, 0.05) is 19.0 Å². The van der Waals surface area contributed by atoms with Gasteiger partial charge in [-0.05, 0) is 26.0 Å². The largest absolute Gasteiger partial charge is 0.497 e. The Bertz CT molecular complexity index is 618. The van der Waals surface area contributed by atoms with Gasteiger partial charge in [0.15, 0.2) is 0 Å². The molecule has 0 aromatic heterocycles. The normalized spacial score (nSPS) is 20.7.